The van der Waals surface area contributed by atoms with Crippen LogP contribution < -0.4 is 25.9 Å². The summed E-state index contributed by atoms with van der Waals surface area (Å²) < 4.78 is 57.8. The lowest BCUT2D eigenvalue weighted by molar-refractivity contribution is -0.252. The third-order valence-corrected chi connectivity index (χ3v) is 8.51. The highest BCUT2D eigenvalue weighted by molar-refractivity contribution is 7.65. The van der Waals surface area contributed by atoms with Crippen LogP contribution in [0.1, 0.15) is 18.2 Å². The van der Waals surface area contributed by atoms with Gasteiger partial charge in [-0.3, -0.25) is 28.0 Å². The van der Waals surface area contributed by atoms with Crippen LogP contribution in [-0.4, -0.2) is 33.5 Å². The van der Waals surface area contributed by atoms with Gasteiger partial charge in [0.25, 0.3) is 29.0 Å². The number of rotatable bonds is 11. The van der Waals surface area contributed by atoms with E-state index < -0.39 is 66.4 Å². The van der Waals surface area contributed by atoms with Crippen molar-refractivity contribution in [3.05, 3.63) is 69.0 Å². The van der Waals surface area contributed by atoms with Gasteiger partial charge >= 0.3 is 5.69 Å². The molecule has 1 saturated heterocycles. The van der Waals surface area contributed by atoms with Gasteiger partial charge in [0.05, 0.1) is 19.3 Å². The zero-order valence-corrected chi connectivity index (χ0v) is 20.1. The number of hydrogen-bond donors (Lipinski definition) is 2. The number of phosphoric acid groups is 3. The lowest BCUT2D eigenvalue weighted by Crippen LogP contribution is -2.32. The molecule has 2 N–H and O–H groups in total. The van der Waals surface area contributed by atoms with Crippen LogP contribution in [0.25, 0.3) is 0 Å². The van der Waals surface area contributed by atoms with Crippen molar-refractivity contribution in [1.29, 1.82) is 0 Å². The van der Waals surface area contributed by atoms with Crippen molar-refractivity contribution in [2.45, 2.75) is 31.5 Å². The second-order valence-corrected chi connectivity index (χ2v) is 11.5. The topological polar surface area (TPSA) is 242 Å². The van der Waals surface area contributed by atoms with E-state index in [1.807, 2.05) is 4.98 Å². The van der Waals surface area contributed by atoms with Crippen molar-refractivity contribution >= 4 is 23.5 Å². The number of benzene rings is 1. The molecule has 1 aromatic heterocycles. The molecule has 19 heteroatoms. The van der Waals surface area contributed by atoms with E-state index in [1.165, 1.54) is 12.1 Å². The molecule has 0 radical (unpaired) electrons. The molecule has 1 fully saturated rings. The summed E-state index contributed by atoms with van der Waals surface area (Å²) in [5, 5.41) is 10.0. The first kappa shape index (κ1) is 27.8. The van der Waals surface area contributed by atoms with Crippen LogP contribution in [0.5, 0.6) is 0 Å². The van der Waals surface area contributed by atoms with Crippen LogP contribution >= 0.6 is 23.5 Å². The Morgan fingerprint density at radius 1 is 1.00 bits per heavy atom. The second kappa shape index (κ2) is 11.1. The Labute approximate surface area is 196 Å². The van der Waals surface area contributed by atoms with Gasteiger partial charge in [-0.2, -0.15) is 0 Å². The van der Waals surface area contributed by atoms with Gasteiger partial charge in [0, 0.05) is 18.7 Å². The lowest BCUT2D eigenvalue weighted by atomic mass is 10.2. The molecule has 3 rings (SSSR count). The molecule has 2 aromatic rings. The molecule has 194 valence electrons. The number of H-pyrrole nitrogens is 1. The van der Waals surface area contributed by atoms with E-state index in [0.717, 1.165) is 16.8 Å². The molecule has 35 heavy (non-hydrogen) atoms. The first-order valence-corrected chi connectivity index (χ1v) is 14.0. The molecule has 16 nitrogen and oxygen atoms in total. The highest BCUT2D eigenvalue weighted by Crippen LogP contribution is 2.63. The fourth-order valence-electron chi connectivity index (χ4n) is 2.89. The molecule has 3 unspecified atom stereocenters. The van der Waals surface area contributed by atoms with Gasteiger partial charge in [-0.1, -0.05) is 30.3 Å². The molecule has 0 bridgehead atoms. The summed E-state index contributed by atoms with van der Waals surface area (Å²) in [6.07, 6.45) is -2.93. The maximum atomic E-state index is 11.9. The van der Waals surface area contributed by atoms with Gasteiger partial charge in [0.1, 0.15) is 12.3 Å². The Balaban J connectivity index is 1.54. The summed E-state index contributed by atoms with van der Waals surface area (Å²) in [5.41, 5.74) is -1.18. The number of phosphoric ester groups is 2. The summed E-state index contributed by atoms with van der Waals surface area (Å²) in [4.78, 5) is 60.3. The quantitative estimate of drug-likeness (QED) is 0.311. The Kier molecular flexibility index (Phi) is 8.82. The first-order chi connectivity index (χ1) is 16.3. The molecule has 0 aliphatic carbocycles. The number of nitrogens with zero attached hydrogens (tertiary/aromatic N) is 1. The third-order valence-electron chi connectivity index (χ3n) is 4.39. The standard InChI is InChI=1S/C16H21N2O14P3/c19-12-8-15(18-7-6-14(20)17-16(18)21)30-13(12)10-29-34(24,25)32-35(26,27)31-33(22,23)28-9-11-4-2-1-3-5-11/h1-7,12-13,15,19H,8-10H2,(H,22,23)(H,24,25)(H,26,27)(H,17,20,21)/p-3/t12-,13-,15-/m1/s1. The molecule has 0 saturated carbocycles. The number of aromatic nitrogens is 2. The molecular weight excluding hydrogens is 537 g/mol. The fourth-order valence-corrected chi connectivity index (χ4v) is 6.25. The van der Waals surface area contributed by atoms with Crippen molar-refractivity contribution in [2.24, 2.45) is 0 Å². The van der Waals surface area contributed by atoms with Gasteiger partial charge in [0.15, 0.2) is 0 Å². The van der Waals surface area contributed by atoms with Crippen LogP contribution in [0.3, 0.4) is 0 Å². The van der Waals surface area contributed by atoms with Crippen molar-refractivity contribution in [3.8, 4) is 0 Å². The maximum Gasteiger partial charge on any atom is 0.330 e. The van der Waals surface area contributed by atoms with Gasteiger partial charge < -0.3 is 33.6 Å². The van der Waals surface area contributed by atoms with E-state index in [9.17, 15) is 43.1 Å². The highest BCUT2D eigenvalue weighted by Gasteiger charge is 2.37. The smallest absolute Gasteiger partial charge is 0.330 e. The molecule has 0 spiro atoms. The molecule has 1 aliphatic rings. The van der Waals surface area contributed by atoms with Crippen LogP contribution in [0.4, 0.5) is 0 Å². The van der Waals surface area contributed by atoms with E-state index >= 15 is 0 Å². The van der Waals surface area contributed by atoms with E-state index in [4.69, 9.17) is 4.74 Å². The zero-order chi connectivity index (χ0) is 25.9. The van der Waals surface area contributed by atoms with E-state index in [1.54, 1.807) is 18.2 Å². The fraction of sp³-hybridized carbons (Fsp3) is 0.375. The number of nitrogens with one attached hydrogen (secondary N) is 1. The molecule has 1 aromatic carbocycles. The number of aliphatic hydroxyl groups is 1. The van der Waals surface area contributed by atoms with Crippen LogP contribution in [0.2, 0.25) is 0 Å². The summed E-state index contributed by atoms with van der Waals surface area (Å²) in [5.74, 6) is 0. The zero-order valence-electron chi connectivity index (χ0n) is 17.4. The molecule has 1 aliphatic heterocycles. The van der Waals surface area contributed by atoms with E-state index in [-0.39, 0.29) is 6.42 Å². The van der Waals surface area contributed by atoms with Gasteiger partial charge in [-0.25, -0.2) is 13.4 Å². The minimum absolute atomic E-state index is 0.203. The van der Waals surface area contributed by atoms with Gasteiger partial charge in [-0.05, 0) is 5.56 Å². The maximum absolute atomic E-state index is 11.9. The summed E-state index contributed by atoms with van der Waals surface area (Å²) in [7, 11) is -17.3. The second-order valence-electron chi connectivity index (χ2n) is 7.01. The Hall–Kier alpha value is -1.77. The van der Waals surface area contributed by atoms with Crippen molar-refractivity contribution in [1.82, 2.24) is 9.55 Å². The van der Waals surface area contributed by atoms with E-state index in [0.29, 0.717) is 5.56 Å². The Morgan fingerprint density at radius 2 is 1.63 bits per heavy atom. The van der Waals surface area contributed by atoms with Crippen molar-refractivity contribution < 1.29 is 55.9 Å². The minimum Gasteiger partial charge on any atom is -0.756 e. The number of ether oxygens (including phenoxy) is 1. The average Bonchev–Trinajstić information content (AvgIpc) is 3.10. The van der Waals surface area contributed by atoms with Crippen molar-refractivity contribution in [3.63, 3.8) is 0 Å². The monoisotopic (exact) mass is 555 g/mol. The molecule has 6 atom stereocenters. The lowest BCUT2D eigenvalue weighted by Gasteiger charge is -2.34. The highest BCUT2D eigenvalue weighted by atomic mass is 31.3. The molecular formula is C16H18N2O14P3-3. The third kappa shape index (κ3) is 8.40. The van der Waals surface area contributed by atoms with Crippen LogP contribution in [0, 0.1) is 0 Å². The molecule has 0 amide bonds. The Bertz CT molecular complexity index is 1280. The van der Waals surface area contributed by atoms with Crippen LogP contribution in [0.15, 0.2) is 52.2 Å². The summed E-state index contributed by atoms with van der Waals surface area (Å²) in [6, 6.07) is 8.74. The number of aliphatic hydroxyl groups excluding tert-OH is 1. The average molecular weight is 555 g/mol. The van der Waals surface area contributed by atoms with Crippen molar-refractivity contribution in [2.75, 3.05) is 6.61 Å². The number of aromatic amines is 1. The summed E-state index contributed by atoms with van der Waals surface area (Å²) in [6.45, 7) is -1.56. The largest absolute Gasteiger partial charge is 0.756 e. The van der Waals surface area contributed by atoms with Gasteiger partial charge in [0.2, 0.25) is 0 Å². The SMILES string of the molecule is O=c1ccn([C@H]2C[C@@H](O)[C@@H](COP(=O)([O-])OP(=O)([O-])OP(=O)([O-])OCc3ccccc3)O2)c(=O)[nH]1. The number of hydrogen-bond acceptors (Lipinski definition) is 14. The Morgan fingerprint density at radius 3 is 2.26 bits per heavy atom. The first-order valence-electron chi connectivity index (χ1n) is 9.59. The van der Waals surface area contributed by atoms with Gasteiger partial charge in [-0.15, -0.1) is 0 Å². The van der Waals surface area contributed by atoms with Crippen LogP contribution in [-0.2, 0) is 42.7 Å². The normalized spacial score (nSPS) is 25.4. The predicted octanol–water partition coefficient (Wildman–Crippen LogP) is -1.14. The molecule has 2 heterocycles. The minimum atomic E-state index is -6.04. The summed E-state index contributed by atoms with van der Waals surface area (Å²) >= 11 is 0. The predicted molar refractivity (Wildman–Crippen MR) is 108 cm³/mol. The van der Waals surface area contributed by atoms with E-state index in [2.05, 4.69) is 17.7 Å².